The molecule has 1 aromatic heterocycles. The first-order valence-corrected chi connectivity index (χ1v) is 6.27. The van der Waals surface area contributed by atoms with Crippen LogP contribution in [-0.2, 0) is 0 Å². The SMILES string of the molecule is CCNc1cncc(NCC2CCCC2O)n1. The number of aliphatic hydroxyl groups excluding tert-OH is 1. The zero-order valence-electron chi connectivity index (χ0n) is 10.2. The van der Waals surface area contributed by atoms with Crippen molar-refractivity contribution in [1.29, 1.82) is 0 Å². The van der Waals surface area contributed by atoms with E-state index in [-0.39, 0.29) is 6.10 Å². The van der Waals surface area contributed by atoms with E-state index in [2.05, 4.69) is 20.6 Å². The molecule has 5 nitrogen and oxygen atoms in total. The molecule has 1 saturated carbocycles. The second-order valence-electron chi connectivity index (χ2n) is 4.46. The Kier molecular flexibility index (Phi) is 4.14. The predicted octanol–water partition coefficient (Wildman–Crippen LogP) is 1.48. The van der Waals surface area contributed by atoms with Gasteiger partial charge >= 0.3 is 0 Å². The normalized spacial score (nSPS) is 23.6. The van der Waals surface area contributed by atoms with Crippen molar-refractivity contribution >= 4 is 11.6 Å². The van der Waals surface area contributed by atoms with Gasteiger partial charge in [-0.3, -0.25) is 4.98 Å². The van der Waals surface area contributed by atoms with Crippen molar-refractivity contribution in [2.24, 2.45) is 5.92 Å². The molecule has 5 heteroatoms. The number of hydrogen-bond acceptors (Lipinski definition) is 5. The van der Waals surface area contributed by atoms with Crippen LogP contribution in [-0.4, -0.2) is 34.3 Å². The summed E-state index contributed by atoms with van der Waals surface area (Å²) in [7, 11) is 0. The van der Waals surface area contributed by atoms with Gasteiger partial charge < -0.3 is 15.7 Å². The van der Waals surface area contributed by atoms with Crippen molar-refractivity contribution in [3.05, 3.63) is 12.4 Å². The number of hydrogen-bond donors (Lipinski definition) is 3. The topological polar surface area (TPSA) is 70.1 Å². The molecule has 0 aromatic carbocycles. The molecule has 17 heavy (non-hydrogen) atoms. The van der Waals surface area contributed by atoms with Crippen LogP contribution in [0.2, 0.25) is 0 Å². The summed E-state index contributed by atoms with van der Waals surface area (Å²) in [5.41, 5.74) is 0. The molecule has 1 heterocycles. The van der Waals surface area contributed by atoms with Crippen molar-refractivity contribution in [1.82, 2.24) is 9.97 Å². The van der Waals surface area contributed by atoms with Crippen LogP contribution in [0.25, 0.3) is 0 Å². The highest BCUT2D eigenvalue weighted by atomic mass is 16.3. The summed E-state index contributed by atoms with van der Waals surface area (Å²) < 4.78 is 0. The highest BCUT2D eigenvalue weighted by Crippen LogP contribution is 2.25. The van der Waals surface area contributed by atoms with Crippen molar-refractivity contribution in [3.8, 4) is 0 Å². The van der Waals surface area contributed by atoms with Gasteiger partial charge in [-0.05, 0) is 19.8 Å². The molecule has 2 rings (SSSR count). The average Bonchev–Trinajstić information content (AvgIpc) is 2.73. The highest BCUT2D eigenvalue weighted by Gasteiger charge is 2.24. The van der Waals surface area contributed by atoms with Crippen LogP contribution in [0.5, 0.6) is 0 Å². The van der Waals surface area contributed by atoms with E-state index in [1.165, 1.54) is 0 Å². The first kappa shape index (κ1) is 12.1. The van der Waals surface area contributed by atoms with E-state index in [1.54, 1.807) is 12.4 Å². The zero-order chi connectivity index (χ0) is 12.1. The van der Waals surface area contributed by atoms with E-state index in [0.717, 1.165) is 44.0 Å². The smallest absolute Gasteiger partial charge is 0.146 e. The molecule has 0 bridgehead atoms. The van der Waals surface area contributed by atoms with E-state index >= 15 is 0 Å². The third-order valence-corrected chi connectivity index (χ3v) is 3.16. The summed E-state index contributed by atoms with van der Waals surface area (Å²) in [5.74, 6) is 1.90. The summed E-state index contributed by atoms with van der Waals surface area (Å²) in [4.78, 5) is 8.50. The molecule has 1 aliphatic rings. The molecule has 0 saturated heterocycles. The van der Waals surface area contributed by atoms with E-state index in [4.69, 9.17) is 0 Å². The number of nitrogens with one attached hydrogen (secondary N) is 2. The van der Waals surface area contributed by atoms with E-state index in [1.807, 2.05) is 6.92 Å². The van der Waals surface area contributed by atoms with Gasteiger partial charge in [0.25, 0.3) is 0 Å². The minimum atomic E-state index is -0.160. The highest BCUT2D eigenvalue weighted by molar-refractivity contribution is 5.41. The van der Waals surface area contributed by atoms with Gasteiger partial charge in [-0.1, -0.05) is 6.42 Å². The van der Waals surface area contributed by atoms with Crippen molar-refractivity contribution in [2.45, 2.75) is 32.3 Å². The molecule has 1 aromatic rings. The summed E-state index contributed by atoms with van der Waals surface area (Å²) in [6, 6.07) is 0. The van der Waals surface area contributed by atoms with Crippen LogP contribution < -0.4 is 10.6 Å². The van der Waals surface area contributed by atoms with Crippen molar-refractivity contribution in [3.63, 3.8) is 0 Å². The van der Waals surface area contributed by atoms with Crippen LogP contribution in [0.1, 0.15) is 26.2 Å². The van der Waals surface area contributed by atoms with Gasteiger partial charge in [0.1, 0.15) is 11.6 Å². The van der Waals surface area contributed by atoms with Crippen LogP contribution in [0.15, 0.2) is 12.4 Å². The third kappa shape index (κ3) is 3.30. The second kappa shape index (κ2) is 5.82. The lowest BCUT2D eigenvalue weighted by Gasteiger charge is -2.15. The largest absolute Gasteiger partial charge is 0.393 e. The number of aliphatic hydroxyl groups is 1. The minimum absolute atomic E-state index is 0.160. The fraction of sp³-hybridized carbons (Fsp3) is 0.667. The molecule has 0 spiro atoms. The Morgan fingerprint density at radius 2 is 2.06 bits per heavy atom. The molecule has 3 N–H and O–H groups in total. The first-order chi connectivity index (χ1) is 8.29. The van der Waals surface area contributed by atoms with Gasteiger partial charge in [-0.15, -0.1) is 0 Å². The molecule has 0 amide bonds. The van der Waals surface area contributed by atoms with Crippen LogP contribution in [0.3, 0.4) is 0 Å². The summed E-state index contributed by atoms with van der Waals surface area (Å²) in [6.07, 6.45) is 6.40. The second-order valence-corrected chi connectivity index (χ2v) is 4.46. The van der Waals surface area contributed by atoms with E-state index in [9.17, 15) is 5.11 Å². The Labute approximate surface area is 102 Å². The van der Waals surface area contributed by atoms with Crippen LogP contribution in [0, 0.1) is 5.92 Å². The average molecular weight is 236 g/mol. The first-order valence-electron chi connectivity index (χ1n) is 6.27. The standard InChI is InChI=1S/C12H20N4O/c1-2-14-11-7-13-8-12(16-11)15-6-9-4-3-5-10(9)17/h7-10,17H,2-6H2,1H3,(H2,14,15,16). The lowest BCUT2D eigenvalue weighted by molar-refractivity contribution is 0.138. The molecular formula is C12H20N4O. The maximum absolute atomic E-state index is 9.72. The molecule has 1 aliphatic carbocycles. The molecular weight excluding hydrogens is 216 g/mol. The maximum Gasteiger partial charge on any atom is 0.146 e. The summed E-state index contributed by atoms with van der Waals surface area (Å²) in [6.45, 7) is 3.63. The van der Waals surface area contributed by atoms with Gasteiger partial charge in [0.2, 0.25) is 0 Å². The van der Waals surface area contributed by atoms with Gasteiger partial charge in [-0.25, -0.2) is 4.98 Å². The number of nitrogens with zero attached hydrogens (tertiary/aromatic N) is 2. The Balaban J connectivity index is 1.87. The molecule has 2 unspecified atom stereocenters. The molecule has 94 valence electrons. The monoisotopic (exact) mass is 236 g/mol. The number of rotatable bonds is 5. The molecule has 2 atom stereocenters. The number of anilines is 2. The summed E-state index contributed by atoms with van der Waals surface area (Å²) in [5, 5.41) is 16.1. The van der Waals surface area contributed by atoms with Crippen molar-refractivity contribution in [2.75, 3.05) is 23.7 Å². The quantitative estimate of drug-likeness (QED) is 0.722. The lowest BCUT2D eigenvalue weighted by atomic mass is 10.1. The molecule has 0 aliphatic heterocycles. The Morgan fingerprint density at radius 1 is 1.29 bits per heavy atom. The zero-order valence-corrected chi connectivity index (χ0v) is 10.2. The minimum Gasteiger partial charge on any atom is -0.393 e. The van der Waals surface area contributed by atoms with E-state index in [0.29, 0.717) is 5.92 Å². The lowest BCUT2D eigenvalue weighted by Crippen LogP contribution is -2.22. The fourth-order valence-corrected chi connectivity index (χ4v) is 2.21. The molecule has 1 fully saturated rings. The Morgan fingerprint density at radius 3 is 2.71 bits per heavy atom. The van der Waals surface area contributed by atoms with Gasteiger partial charge in [-0.2, -0.15) is 0 Å². The number of aromatic nitrogens is 2. The Hall–Kier alpha value is -1.36. The predicted molar refractivity (Wildman–Crippen MR) is 68.0 cm³/mol. The molecule has 0 radical (unpaired) electrons. The Bertz CT molecular complexity index is 358. The van der Waals surface area contributed by atoms with Crippen molar-refractivity contribution < 1.29 is 5.11 Å². The fourth-order valence-electron chi connectivity index (χ4n) is 2.21. The maximum atomic E-state index is 9.72. The van der Waals surface area contributed by atoms with Crippen LogP contribution in [0.4, 0.5) is 11.6 Å². The van der Waals surface area contributed by atoms with Gasteiger partial charge in [0.05, 0.1) is 18.5 Å². The third-order valence-electron chi connectivity index (χ3n) is 3.16. The van der Waals surface area contributed by atoms with Crippen LogP contribution >= 0.6 is 0 Å². The van der Waals surface area contributed by atoms with E-state index < -0.39 is 0 Å². The summed E-state index contributed by atoms with van der Waals surface area (Å²) >= 11 is 0. The van der Waals surface area contributed by atoms with Gasteiger partial charge in [0.15, 0.2) is 0 Å². The van der Waals surface area contributed by atoms with Gasteiger partial charge in [0, 0.05) is 19.0 Å².